The van der Waals surface area contributed by atoms with Crippen molar-refractivity contribution in [1.82, 2.24) is 0 Å². The first-order valence-electron chi connectivity index (χ1n) is 5.19. The van der Waals surface area contributed by atoms with E-state index in [1.165, 1.54) is 12.1 Å². The summed E-state index contributed by atoms with van der Waals surface area (Å²) in [6, 6.07) is 10.2. The van der Waals surface area contributed by atoms with Gasteiger partial charge in [0.15, 0.2) is 0 Å². The Kier molecular flexibility index (Phi) is 4.65. The highest BCUT2D eigenvalue weighted by Crippen LogP contribution is 2.27. The molecule has 94 valence electrons. The van der Waals surface area contributed by atoms with E-state index in [9.17, 15) is 4.39 Å². The highest BCUT2D eigenvalue weighted by molar-refractivity contribution is 9.10. The van der Waals surface area contributed by atoms with E-state index in [-0.39, 0.29) is 5.82 Å². The molecule has 18 heavy (non-hydrogen) atoms. The fourth-order valence-electron chi connectivity index (χ4n) is 1.50. The normalized spacial score (nSPS) is 10.4. The van der Waals surface area contributed by atoms with Crippen molar-refractivity contribution in [3.8, 4) is 0 Å². The average molecular weight is 393 g/mol. The van der Waals surface area contributed by atoms with Gasteiger partial charge in [-0.25, -0.2) is 4.39 Å². The number of hydrogen-bond acceptors (Lipinski definition) is 1. The van der Waals surface area contributed by atoms with E-state index >= 15 is 0 Å². The van der Waals surface area contributed by atoms with Gasteiger partial charge in [-0.2, -0.15) is 0 Å². The molecule has 1 N–H and O–H groups in total. The molecule has 0 radical (unpaired) electrons. The highest BCUT2D eigenvalue weighted by Gasteiger charge is 2.04. The summed E-state index contributed by atoms with van der Waals surface area (Å²) in [6.07, 6.45) is 0. The summed E-state index contributed by atoms with van der Waals surface area (Å²) < 4.78 is 14.9. The third kappa shape index (κ3) is 3.46. The van der Waals surface area contributed by atoms with E-state index in [4.69, 9.17) is 11.6 Å². The minimum atomic E-state index is -0.253. The van der Waals surface area contributed by atoms with E-state index in [1.54, 1.807) is 6.07 Å². The Morgan fingerprint density at radius 1 is 1.11 bits per heavy atom. The van der Waals surface area contributed by atoms with Gasteiger partial charge in [0.25, 0.3) is 0 Å². The predicted octanol–water partition coefficient (Wildman–Crippen LogP) is 5.62. The quantitative estimate of drug-likeness (QED) is 0.714. The first-order valence-corrected chi connectivity index (χ1v) is 7.15. The first-order chi connectivity index (χ1) is 8.56. The van der Waals surface area contributed by atoms with Gasteiger partial charge in [0.1, 0.15) is 5.82 Å². The van der Waals surface area contributed by atoms with Crippen LogP contribution in [0.1, 0.15) is 5.56 Å². The van der Waals surface area contributed by atoms with Crippen LogP contribution in [0.4, 0.5) is 10.1 Å². The van der Waals surface area contributed by atoms with Gasteiger partial charge >= 0.3 is 0 Å². The van der Waals surface area contributed by atoms with Crippen LogP contribution in [0.3, 0.4) is 0 Å². The molecule has 0 saturated heterocycles. The van der Waals surface area contributed by atoms with Crippen LogP contribution in [-0.2, 0) is 6.54 Å². The molecule has 0 amide bonds. The van der Waals surface area contributed by atoms with Crippen LogP contribution in [0.25, 0.3) is 0 Å². The number of benzene rings is 2. The van der Waals surface area contributed by atoms with Crippen LogP contribution in [-0.4, -0.2) is 0 Å². The van der Waals surface area contributed by atoms with Crippen LogP contribution in [0.5, 0.6) is 0 Å². The molecule has 0 spiro atoms. The molecule has 0 heterocycles. The summed E-state index contributed by atoms with van der Waals surface area (Å²) in [6.45, 7) is 0.500. The monoisotopic (exact) mass is 391 g/mol. The molecule has 2 rings (SSSR count). The molecule has 2 aromatic rings. The molecular formula is C13H9Br2ClFN. The molecule has 0 unspecified atom stereocenters. The number of halogens is 4. The Morgan fingerprint density at radius 2 is 1.89 bits per heavy atom. The van der Waals surface area contributed by atoms with E-state index < -0.39 is 0 Å². The topological polar surface area (TPSA) is 12.0 Å². The summed E-state index contributed by atoms with van der Waals surface area (Å²) in [4.78, 5) is 0. The molecule has 0 saturated carbocycles. The van der Waals surface area contributed by atoms with Gasteiger partial charge in [0.2, 0.25) is 0 Å². The third-order valence-electron chi connectivity index (χ3n) is 2.41. The summed E-state index contributed by atoms with van der Waals surface area (Å²) >= 11 is 12.8. The van der Waals surface area contributed by atoms with Crippen LogP contribution in [0.2, 0.25) is 5.02 Å². The Hall–Kier alpha value is -0.580. The number of anilines is 1. The van der Waals surface area contributed by atoms with E-state index in [0.29, 0.717) is 11.6 Å². The van der Waals surface area contributed by atoms with E-state index in [1.807, 2.05) is 18.2 Å². The van der Waals surface area contributed by atoms with Crippen molar-refractivity contribution in [2.45, 2.75) is 6.54 Å². The molecule has 1 nitrogen and oxygen atoms in total. The molecule has 0 aliphatic heterocycles. The number of rotatable bonds is 3. The SMILES string of the molecule is Fc1ccc(Br)c(CNc2ccc(Br)cc2Cl)c1. The van der Waals surface area contributed by atoms with Gasteiger partial charge in [0, 0.05) is 15.5 Å². The lowest BCUT2D eigenvalue weighted by atomic mass is 10.2. The summed E-state index contributed by atoms with van der Waals surface area (Å²) in [5.74, 6) is -0.253. The Bertz CT molecular complexity index is 575. The lowest BCUT2D eigenvalue weighted by molar-refractivity contribution is 0.625. The van der Waals surface area contributed by atoms with Gasteiger partial charge in [-0.1, -0.05) is 43.5 Å². The average Bonchev–Trinajstić information content (AvgIpc) is 2.32. The maximum Gasteiger partial charge on any atom is 0.123 e. The van der Waals surface area contributed by atoms with Crippen molar-refractivity contribution in [3.05, 3.63) is 61.7 Å². The maximum absolute atomic E-state index is 13.1. The molecule has 5 heteroatoms. The zero-order chi connectivity index (χ0) is 13.1. The van der Waals surface area contributed by atoms with Gasteiger partial charge < -0.3 is 5.32 Å². The fourth-order valence-corrected chi connectivity index (χ4v) is 2.63. The minimum absolute atomic E-state index is 0.253. The molecule has 0 bridgehead atoms. The second-order valence-corrected chi connectivity index (χ2v) is 5.89. The second kappa shape index (κ2) is 6.04. The van der Waals surface area contributed by atoms with E-state index in [0.717, 1.165) is 20.2 Å². The fraction of sp³-hybridized carbons (Fsp3) is 0.0769. The van der Waals surface area contributed by atoms with Crippen LogP contribution >= 0.6 is 43.5 Å². The Morgan fingerprint density at radius 3 is 2.61 bits per heavy atom. The zero-order valence-electron chi connectivity index (χ0n) is 9.18. The third-order valence-corrected chi connectivity index (χ3v) is 3.99. The van der Waals surface area contributed by atoms with E-state index in [2.05, 4.69) is 37.2 Å². The summed E-state index contributed by atoms with van der Waals surface area (Å²) in [5.41, 5.74) is 1.66. The van der Waals surface area contributed by atoms with Crippen molar-refractivity contribution >= 4 is 49.1 Å². The molecule has 0 aliphatic carbocycles. The van der Waals surface area contributed by atoms with Crippen LogP contribution in [0.15, 0.2) is 45.3 Å². The van der Waals surface area contributed by atoms with Crippen LogP contribution < -0.4 is 5.32 Å². The molecule has 0 aromatic heterocycles. The zero-order valence-corrected chi connectivity index (χ0v) is 13.1. The number of nitrogens with one attached hydrogen (secondary N) is 1. The molecular weight excluding hydrogens is 384 g/mol. The van der Waals surface area contributed by atoms with Crippen molar-refractivity contribution < 1.29 is 4.39 Å². The lowest BCUT2D eigenvalue weighted by Gasteiger charge is -2.10. The van der Waals surface area contributed by atoms with Crippen molar-refractivity contribution in [2.24, 2.45) is 0 Å². The van der Waals surface area contributed by atoms with Crippen molar-refractivity contribution in [1.29, 1.82) is 0 Å². The largest absolute Gasteiger partial charge is 0.380 e. The lowest BCUT2D eigenvalue weighted by Crippen LogP contribution is -2.01. The van der Waals surface area contributed by atoms with Gasteiger partial charge in [-0.05, 0) is 42.0 Å². The van der Waals surface area contributed by atoms with Gasteiger partial charge in [-0.3, -0.25) is 0 Å². The smallest absolute Gasteiger partial charge is 0.123 e. The molecule has 0 fully saturated rings. The predicted molar refractivity (Wildman–Crippen MR) is 80.6 cm³/mol. The highest BCUT2D eigenvalue weighted by atomic mass is 79.9. The maximum atomic E-state index is 13.1. The Labute approximate surface area is 127 Å². The standard InChI is InChI=1S/C13H9Br2ClFN/c14-9-1-4-13(12(16)6-9)18-7-8-5-10(17)2-3-11(8)15/h1-6,18H,7H2. The Balaban J connectivity index is 2.13. The number of hydrogen-bond donors (Lipinski definition) is 1. The van der Waals surface area contributed by atoms with Gasteiger partial charge in [-0.15, -0.1) is 0 Å². The molecule has 0 atom stereocenters. The van der Waals surface area contributed by atoms with Crippen molar-refractivity contribution in [3.63, 3.8) is 0 Å². The summed E-state index contributed by atoms with van der Waals surface area (Å²) in [7, 11) is 0. The first kappa shape index (κ1) is 13.8. The molecule has 0 aliphatic rings. The van der Waals surface area contributed by atoms with Crippen molar-refractivity contribution in [2.75, 3.05) is 5.32 Å². The second-order valence-electron chi connectivity index (χ2n) is 3.71. The minimum Gasteiger partial charge on any atom is -0.380 e. The summed E-state index contributed by atoms with van der Waals surface area (Å²) in [5, 5.41) is 3.80. The molecule has 2 aromatic carbocycles. The van der Waals surface area contributed by atoms with Crippen LogP contribution in [0, 0.1) is 5.82 Å². The van der Waals surface area contributed by atoms with Gasteiger partial charge in [0.05, 0.1) is 10.7 Å².